The van der Waals surface area contributed by atoms with Crippen LogP contribution in [0.1, 0.15) is 194 Å². The third-order valence-electron chi connectivity index (χ3n) is 9.36. The largest absolute Gasteiger partial charge is 0.483 e. The average Bonchev–Trinajstić information content (AvgIpc) is 3.11. The molecule has 0 rings (SSSR count). The number of nitrogens with zero attached hydrogens (tertiary/aromatic N) is 1. The van der Waals surface area contributed by atoms with Crippen molar-refractivity contribution in [1.82, 2.24) is 4.90 Å². The van der Waals surface area contributed by atoms with Crippen LogP contribution in [0.15, 0.2) is 0 Å². The van der Waals surface area contributed by atoms with Gasteiger partial charge in [0.1, 0.15) is 0 Å². The van der Waals surface area contributed by atoms with Crippen LogP contribution in [0.2, 0.25) is 0 Å². The summed E-state index contributed by atoms with van der Waals surface area (Å²) < 4.78 is 17.5. The van der Waals surface area contributed by atoms with Gasteiger partial charge in [0.15, 0.2) is 0 Å². The van der Waals surface area contributed by atoms with Crippen molar-refractivity contribution in [2.45, 2.75) is 194 Å². The van der Waals surface area contributed by atoms with E-state index in [4.69, 9.17) is 24.1 Å². The third-order valence-corrected chi connectivity index (χ3v) is 9.36. The number of hydrogen-bond donors (Lipinski definition) is 2. The Morgan fingerprint density at radius 3 is 1.46 bits per heavy atom. The van der Waals surface area contributed by atoms with Crippen molar-refractivity contribution in [2.75, 3.05) is 59.3 Å². The highest BCUT2D eigenvalue weighted by molar-refractivity contribution is 5.69. The monoisotopic (exact) mass is 716 g/mol. The quantitative estimate of drug-likeness (QED) is 0.0367. The maximum Gasteiger partial charge on any atom is 0.305 e. The van der Waals surface area contributed by atoms with Crippen molar-refractivity contribution < 1.29 is 34.0 Å². The standard InChI is InChI=1S/C41H83NO5.CH2O2/c1-4-7-10-13-14-21-28-37-47-41(44)30-23-18-16-20-25-32-42(33-34-43)31-24-19-15-17-22-29-40(38-45-35-26-11-8-5-2)39-46-36-27-12-9-6-3;2-1-3/h40,43H,4-39H2,1-3H3;1H,(H,2,3). The molecule has 2 N–H and O–H groups in total. The molecule has 0 saturated heterocycles. The Balaban J connectivity index is 0. The molecule has 0 aliphatic rings. The molecular weight excluding hydrogens is 630 g/mol. The Kier molecular flexibility index (Phi) is 46.6. The first-order chi connectivity index (χ1) is 24.6. The van der Waals surface area contributed by atoms with Crippen LogP contribution in [0.5, 0.6) is 0 Å². The first kappa shape index (κ1) is 50.9. The molecule has 0 aromatic carbocycles. The van der Waals surface area contributed by atoms with Gasteiger partial charge in [-0.15, -0.1) is 0 Å². The Morgan fingerprint density at radius 2 is 0.960 bits per heavy atom. The summed E-state index contributed by atoms with van der Waals surface area (Å²) in [6.07, 6.45) is 32.5. The fourth-order valence-corrected chi connectivity index (χ4v) is 6.20. The molecule has 0 atom stereocenters. The number of rotatable bonds is 40. The van der Waals surface area contributed by atoms with Gasteiger partial charge in [0.05, 0.1) is 26.4 Å². The molecule has 0 aliphatic heterocycles. The smallest absolute Gasteiger partial charge is 0.305 e. The first-order valence-electron chi connectivity index (χ1n) is 21.3. The molecular formula is C42H85NO7. The molecule has 0 fully saturated rings. The third kappa shape index (κ3) is 42.9. The minimum Gasteiger partial charge on any atom is -0.483 e. The van der Waals surface area contributed by atoms with Crippen LogP contribution >= 0.6 is 0 Å². The number of carbonyl (C=O) groups is 2. The molecule has 0 spiro atoms. The van der Waals surface area contributed by atoms with Gasteiger partial charge in [0, 0.05) is 32.1 Å². The lowest BCUT2D eigenvalue weighted by atomic mass is 10.0. The number of ether oxygens (including phenoxy) is 3. The van der Waals surface area contributed by atoms with Gasteiger partial charge in [-0.2, -0.15) is 0 Å². The zero-order valence-corrected chi connectivity index (χ0v) is 33.5. The van der Waals surface area contributed by atoms with Crippen molar-refractivity contribution in [3.8, 4) is 0 Å². The fourth-order valence-electron chi connectivity index (χ4n) is 6.20. The van der Waals surface area contributed by atoms with Crippen molar-refractivity contribution in [3.63, 3.8) is 0 Å². The molecule has 0 aromatic rings. The van der Waals surface area contributed by atoms with Crippen molar-refractivity contribution >= 4 is 12.4 Å². The molecule has 0 radical (unpaired) electrons. The Morgan fingerprint density at radius 1 is 0.560 bits per heavy atom. The fraction of sp³-hybridized carbons (Fsp3) is 0.952. The average molecular weight is 716 g/mol. The summed E-state index contributed by atoms with van der Waals surface area (Å²) in [7, 11) is 0. The van der Waals surface area contributed by atoms with E-state index in [0.29, 0.717) is 18.9 Å². The van der Waals surface area contributed by atoms with Crippen molar-refractivity contribution in [1.29, 1.82) is 0 Å². The Hall–Kier alpha value is -1.22. The summed E-state index contributed by atoms with van der Waals surface area (Å²) in [5.41, 5.74) is 0. The van der Waals surface area contributed by atoms with Crippen LogP contribution in [-0.2, 0) is 23.8 Å². The maximum atomic E-state index is 12.0. The van der Waals surface area contributed by atoms with Gasteiger partial charge in [-0.3, -0.25) is 9.59 Å². The second-order valence-corrected chi connectivity index (χ2v) is 14.2. The van der Waals surface area contributed by atoms with Gasteiger partial charge in [-0.25, -0.2) is 0 Å². The number of unbranched alkanes of at least 4 members (excludes halogenated alkanes) is 20. The zero-order valence-electron chi connectivity index (χ0n) is 33.5. The number of aliphatic hydroxyl groups excluding tert-OH is 1. The minimum atomic E-state index is -0.250. The van der Waals surface area contributed by atoms with Crippen LogP contribution in [-0.4, -0.2) is 86.8 Å². The topological polar surface area (TPSA) is 106 Å². The first-order valence-corrected chi connectivity index (χ1v) is 21.3. The number of carbonyl (C=O) groups excluding carboxylic acids is 1. The second kappa shape index (κ2) is 45.8. The molecule has 8 heteroatoms. The molecule has 0 saturated carbocycles. The van der Waals surface area contributed by atoms with E-state index in [1.807, 2.05) is 0 Å². The SMILES string of the molecule is CCCCCCCCCOC(=O)CCCCCCCN(CCO)CCCCCCCC(COCCCCCC)COCCCCCC.O=CO. The van der Waals surface area contributed by atoms with Crippen LogP contribution in [0.25, 0.3) is 0 Å². The lowest BCUT2D eigenvalue weighted by Crippen LogP contribution is -2.29. The molecule has 50 heavy (non-hydrogen) atoms. The lowest BCUT2D eigenvalue weighted by molar-refractivity contribution is -0.143. The van der Waals surface area contributed by atoms with Crippen LogP contribution < -0.4 is 0 Å². The second-order valence-electron chi connectivity index (χ2n) is 14.2. The highest BCUT2D eigenvalue weighted by Crippen LogP contribution is 2.15. The van der Waals surface area contributed by atoms with Gasteiger partial charge in [-0.1, -0.05) is 143 Å². The number of esters is 1. The predicted octanol–water partition coefficient (Wildman–Crippen LogP) is 10.8. The molecule has 0 aromatic heterocycles. The number of hydrogen-bond acceptors (Lipinski definition) is 7. The van der Waals surface area contributed by atoms with Crippen LogP contribution in [0.4, 0.5) is 0 Å². The molecule has 0 aliphatic carbocycles. The van der Waals surface area contributed by atoms with Gasteiger partial charge < -0.3 is 29.3 Å². The summed E-state index contributed by atoms with van der Waals surface area (Å²) in [6.45, 7) is 13.8. The van der Waals surface area contributed by atoms with Gasteiger partial charge in [0.2, 0.25) is 0 Å². The lowest BCUT2D eigenvalue weighted by Gasteiger charge is -2.21. The van der Waals surface area contributed by atoms with E-state index in [1.165, 1.54) is 148 Å². The number of aliphatic hydroxyl groups is 1. The Labute approximate surface area is 310 Å². The highest BCUT2D eigenvalue weighted by atomic mass is 16.5. The maximum absolute atomic E-state index is 12.0. The van der Waals surface area contributed by atoms with Crippen molar-refractivity contribution in [3.05, 3.63) is 0 Å². The molecule has 0 bridgehead atoms. The highest BCUT2D eigenvalue weighted by Gasteiger charge is 2.10. The summed E-state index contributed by atoms with van der Waals surface area (Å²) in [4.78, 5) is 22.8. The summed E-state index contributed by atoms with van der Waals surface area (Å²) in [5.74, 6) is 0.509. The minimum absolute atomic E-state index is 0.0192. The Bertz CT molecular complexity index is 636. The van der Waals surface area contributed by atoms with E-state index in [0.717, 1.165) is 65.3 Å². The summed E-state index contributed by atoms with van der Waals surface area (Å²) >= 11 is 0. The van der Waals surface area contributed by atoms with Gasteiger partial charge >= 0.3 is 5.97 Å². The van der Waals surface area contributed by atoms with E-state index in [1.54, 1.807) is 0 Å². The van der Waals surface area contributed by atoms with E-state index in [9.17, 15) is 9.90 Å². The van der Waals surface area contributed by atoms with Gasteiger partial charge in [-0.05, 0) is 58.0 Å². The predicted molar refractivity (Wildman–Crippen MR) is 210 cm³/mol. The molecule has 8 nitrogen and oxygen atoms in total. The summed E-state index contributed by atoms with van der Waals surface area (Å²) in [6, 6.07) is 0. The number of carboxylic acid groups (broad SMARTS) is 1. The molecule has 0 unspecified atom stereocenters. The van der Waals surface area contributed by atoms with E-state index < -0.39 is 0 Å². The molecule has 300 valence electrons. The zero-order chi connectivity index (χ0) is 37.0. The van der Waals surface area contributed by atoms with E-state index in [2.05, 4.69) is 25.7 Å². The molecule has 0 amide bonds. The van der Waals surface area contributed by atoms with Crippen LogP contribution in [0.3, 0.4) is 0 Å². The molecule has 0 heterocycles. The summed E-state index contributed by atoms with van der Waals surface area (Å²) in [5, 5.41) is 16.4. The van der Waals surface area contributed by atoms with Crippen LogP contribution in [0, 0.1) is 5.92 Å². The van der Waals surface area contributed by atoms with Crippen molar-refractivity contribution in [2.24, 2.45) is 5.92 Å². The van der Waals surface area contributed by atoms with E-state index >= 15 is 0 Å². The van der Waals surface area contributed by atoms with Gasteiger partial charge in [0.25, 0.3) is 6.47 Å². The normalized spacial score (nSPS) is 11.2. The van der Waals surface area contributed by atoms with E-state index in [-0.39, 0.29) is 19.0 Å².